The van der Waals surface area contributed by atoms with Crippen molar-refractivity contribution in [2.45, 2.75) is 50.1 Å². The molecule has 2 aliphatic rings. The van der Waals surface area contributed by atoms with Crippen LogP contribution < -0.4 is 4.90 Å². The molecule has 2 fully saturated rings. The zero-order valence-corrected chi connectivity index (χ0v) is 23.5. The maximum atomic E-state index is 14.1. The van der Waals surface area contributed by atoms with Crippen LogP contribution in [0.4, 0.5) is 32.0 Å². The van der Waals surface area contributed by atoms with Crippen LogP contribution in [-0.2, 0) is 16.6 Å². The van der Waals surface area contributed by atoms with Crippen molar-refractivity contribution in [3.63, 3.8) is 0 Å². The molecule has 0 aromatic heterocycles. The Morgan fingerprint density at radius 1 is 0.833 bits per heavy atom. The molecule has 2 aromatic carbocycles. The van der Waals surface area contributed by atoms with Gasteiger partial charge in [0.25, 0.3) is 17.4 Å². The van der Waals surface area contributed by atoms with Crippen molar-refractivity contribution in [3.05, 3.63) is 65.2 Å². The number of alkyl halides is 6. The smallest absolute Gasteiger partial charge is 0.372 e. The van der Waals surface area contributed by atoms with Gasteiger partial charge < -0.3 is 19.8 Å². The minimum atomic E-state index is -5.51. The number of rotatable bonds is 6. The molecule has 0 spiro atoms. The second-order valence-corrected chi connectivity index (χ2v) is 11.4. The minimum Gasteiger partial charge on any atom is -0.372 e. The molecule has 1 N–H and O–H groups in total. The van der Waals surface area contributed by atoms with E-state index in [1.54, 1.807) is 14.1 Å². The van der Waals surface area contributed by atoms with E-state index in [0.29, 0.717) is 36.5 Å². The Hall–Kier alpha value is -3.28. The summed E-state index contributed by atoms with van der Waals surface area (Å²) in [5.41, 5.74) is -4.95. The molecule has 4 rings (SSSR count). The average molecular weight is 600 g/mol. The number of amides is 2. The number of aliphatic hydroxyl groups is 1. The van der Waals surface area contributed by atoms with Gasteiger partial charge in [0.2, 0.25) is 0 Å². The number of halogens is 6. The Morgan fingerprint density at radius 2 is 1.36 bits per heavy atom. The normalized spacial score (nSPS) is 19.0. The third kappa shape index (κ3) is 6.68. The van der Waals surface area contributed by atoms with Crippen molar-refractivity contribution >= 4 is 17.5 Å². The molecule has 0 bridgehead atoms. The summed E-state index contributed by atoms with van der Waals surface area (Å²) < 4.78 is 81.6. The third-order valence-electron chi connectivity index (χ3n) is 8.40. The maximum absolute atomic E-state index is 14.1. The Morgan fingerprint density at radius 3 is 1.86 bits per heavy atom. The van der Waals surface area contributed by atoms with E-state index >= 15 is 0 Å². The fourth-order valence-electron chi connectivity index (χ4n) is 5.90. The highest BCUT2D eigenvalue weighted by molar-refractivity contribution is 5.94. The first kappa shape index (κ1) is 31.7. The zero-order valence-electron chi connectivity index (χ0n) is 23.5. The van der Waals surface area contributed by atoms with Crippen molar-refractivity contribution < 1.29 is 41.0 Å². The molecule has 2 saturated heterocycles. The van der Waals surface area contributed by atoms with Gasteiger partial charge in [-0.05, 0) is 80.3 Å². The van der Waals surface area contributed by atoms with E-state index in [1.807, 2.05) is 24.3 Å². The standard InChI is InChI=1S/C30H35F6N3O3/c1-37(2)26(40)22-6-8-25(9-7-22)38-14-10-20(11-15-38)18-21-12-16-39(17-13-21)27(41)28(42,30(34,35)36)23-4-3-5-24(19-23)29(31,32)33/h3-9,19-21,42H,10-18H2,1-2H3. The van der Waals surface area contributed by atoms with Crippen molar-refractivity contribution in [1.29, 1.82) is 0 Å². The molecule has 230 valence electrons. The first-order valence-electron chi connectivity index (χ1n) is 13.9. The van der Waals surface area contributed by atoms with E-state index in [1.165, 1.54) is 4.90 Å². The maximum Gasteiger partial charge on any atom is 0.430 e. The van der Waals surface area contributed by atoms with Gasteiger partial charge in [-0.15, -0.1) is 0 Å². The number of anilines is 1. The molecule has 42 heavy (non-hydrogen) atoms. The van der Waals surface area contributed by atoms with E-state index in [0.717, 1.165) is 49.0 Å². The van der Waals surface area contributed by atoms with Gasteiger partial charge in [0.05, 0.1) is 5.56 Å². The van der Waals surface area contributed by atoms with Crippen molar-refractivity contribution in [1.82, 2.24) is 9.80 Å². The Labute approximate surface area is 240 Å². The van der Waals surface area contributed by atoms with Gasteiger partial charge in [-0.1, -0.05) is 12.1 Å². The molecule has 0 saturated carbocycles. The lowest BCUT2D eigenvalue weighted by atomic mass is 9.82. The van der Waals surface area contributed by atoms with Crippen LogP contribution in [0.1, 0.15) is 53.6 Å². The Kier molecular flexibility index (Phi) is 9.15. The molecule has 6 nitrogen and oxygen atoms in total. The number of carbonyl (C=O) groups excluding carboxylic acids is 2. The van der Waals surface area contributed by atoms with Crippen LogP contribution in [0.15, 0.2) is 48.5 Å². The second-order valence-electron chi connectivity index (χ2n) is 11.4. The number of benzene rings is 2. The van der Waals surface area contributed by atoms with Crippen LogP contribution in [0.3, 0.4) is 0 Å². The molecule has 0 radical (unpaired) electrons. The van der Waals surface area contributed by atoms with Crippen LogP contribution in [0.5, 0.6) is 0 Å². The lowest BCUT2D eigenvalue weighted by Crippen LogP contribution is -2.57. The van der Waals surface area contributed by atoms with Crippen LogP contribution in [-0.4, -0.2) is 73.2 Å². The highest BCUT2D eigenvalue weighted by Crippen LogP contribution is 2.43. The molecule has 12 heteroatoms. The lowest BCUT2D eigenvalue weighted by Gasteiger charge is -2.40. The first-order valence-corrected chi connectivity index (χ1v) is 13.9. The summed E-state index contributed by atoms with van der Waals surface area (Å²) in [7, 11) is 3.40. The molecular formula is C30H35F6N3O3. The number of piperidine rings is 2. The predicted molar refractivity (Wildman–Crippen MR) is 145 cm³/mol. The van der Waals surface area contributed by atoms with E-state index < -0.39 is 35.0 Å². The topological polar surface area (TPSA) is 64.1 Å². The number of hydrogen-bond acceptors (Lipinski definition) is 4. The Balaban J connectivity index is 1.32. The summed E-state index contributed by atoms with van der Waals surface area (Å²) in [6, 6.07) is 9.71. The van der Waals surface area contributed by atoms with E-state index in [4.69, 9.17) is 0 Å². The summed E-state index contributed by atoms with van der Waals surface area (Å²) in [5, 5.41) is 10.6. The van der Waals surface area contributed by atoms with Gasteiger partial charge in [0.1, 0.15) is 0 Å². The third-order valence-corrected chi connectivity index (χ3v) is 8.40. The first-order chi connectivity index (χ1) is 19.6. The predicted octanol–water partition coefficient (Wildman–Crippen LogP) is 5.70. The summed E-state index contributed by atoms with van der Waals surface area (Å²) in [5.74, 6) is -1.11. The van der Waals surface area contributed by atoms with E-state index in [-0.39, 0.29) is 31.0 Å². The fraction of sp³-hybridized carbons (Fsp3) is 0.533. The van der Waals surface area contributed by atoms with Gasteiger partial charge in [-0.25, -0.2) is 0 Å². The summed E-state index contributed by atoms with van der Waals surface area (Å²) in [4.78, 5) is 29.8. The van der Waals surface area contributed by atoms with Crippen LogP contribution in [0.25, 0.3) is 0 Å². The zero-order chi connectivity index (χ0) is 30.9. The highest BCUT2D eigenvalue weighted by atomic mass is 19.4. The van der Waals surface area contributed by atoms with Gasteiger partial charge in [0.15, 0.2) is 0 Å². The SMILES string of the molecule is CN(C)C(=O)c1ccc(N2CCC(CC3CCN(C(=O)C(O)(c4cccc(C(F)(F)F)c4)C(F)(F)F)CC3)CC2)cc1. The summed E-state index contributed by atoms with van der Waals surface area (Å²) >= 11 is 0. The Bertz CT molecular complexity index is 1250. The number of carbonyl (C=O) groups is 2. The highest BCUT2D eigenvalue weighted by Gasteiger charge is 2.62. The average Bonchev–Trinajstić information content (AvgIpc) is 2.96. The molecule has 2 aliphatic heterocycles. The van der Waals surface area contributed by atoms with Crippen molar-refractivity contribution in [2.24, 2.45) is 11.8 Å². The molecular weight excluding hydrogens is 564 g/mol. The van der Waals surface area contributed by atoms with Crippen molar-refractivity contribution in [2.75, 3.05) is 45.2 Å². The fourth-order valence-corrected chi connectivity index (χ4v) is 5.90. The molecule has 0 aliphatic carbocycles. The molecule has 2 aromatic rings. The van der Waals surface area contributed by atoms with E-state index in [9.17, 15) is 41.0 Å². The van der Waals surface area contributed by atoms with Crippen molar-refractivity contribution in [3.8, 4) is 0 Å². The number of likely N-dealkylation sites (tertiary alicyclic amines) is 1. The van der Waals surface area contributed by atoms with Gasteiger partial charge >= 0.3 is 12.4 Å². The van der Waals surface area contributed by atoms with Gasteiger partial charge in [-0.3, -0.25) is 9.59 Å². The monoisotopic (exact) mass is 599 g/mol. The largest absolute Gasteiger partial charge is 0.430 e. The second kappa shape index (κ2) is 12.1. The number of nitrogens with zero attached hydrogens (tertiary/aromatic N) is 3. The quantitative estimate of drug-likeness (QED) is 0.433. The van der Waals surface area contributed by atoms with Crippen LogP contribution in [0.2, 0.25) is 0 Å². The molecule has 2 amide bonds. The molecule has 1 atom stereocenters. The number of hydrogen-bond donors (Lipinski definition) is 1. The summed E-state index contributed by atoms with van der Waals surface area (Å²) in [6.07, 6.45) is -6.82. The minimum absolute atomic E-state index is 0.0162. The molecule has 1 unspecified atom stereocenters. The molecule has 2 heterocycles. The lowest BCUT2D eigenvalue weighted by molar-refractivity contribution is -0.262. The van der Waals surface area contributed by atoms with Crippen LogP contribution >= 0.6 is 0 Å². The van der Waals surface area contributed by atoms with E-state index in [2.05, 4.69) is 4.90 Å². The van der Waals surface area contributed by atoms with Gasteiger partial charge in [0, 0.05) is 57.1 Å². The summed E-state index contributed by atoms with van der Waals surface area (Å²) in [6.45, 7) is 1.63. The van der Waals surface area contributed by atoms with Gasteiger partial charge in [-0.2, -0.15) is 26.3 Å². The van der Waals surface area contributed by atoms with Crippen LogP contribution in [0, 0.1) is 11.8 Å².